The second kappa shape index (κ2) is 11.2. The number of nitrogens with zero attached hydrogens (tertiary/aromatic N) is 1. The first-order valence-electron chi connectivity index (χ1n) is 12.4. The highest BCUT2D eigenvalue weighted by Gasteiger charge is 2.31. The van der Waals surface area contributed by atoms with Crippen LogP contribution in [0.3, 0.4) is 0 Å². The van der Waals surface area contributed by atoms with Crippen LogP contribution in [0, 0.1) is 27.7 Å². The number of ether oxygens (including phenoxy) is 1. The lowest BCUT2D eigenvalue weighted by atomic mass is 10.00. The largest absolute Gasteiger partial charge is 0.493 e. The van der Waals surface area contributed by atoms with Gasteiger partial charge in [0.25, 0.3) is 0 Å². The molecule has 0 aliphatic heterocycles. The quantitative estimate of drug-likeness (QED) is 0.227. The van der Waals surface area contributed by atoms with Crippen LogP contribution in [0.2, 0.25) is 0 Å². The Labute approximate surface area is 215 Å². The number of rotatable bonds is 9. The molecule has 4 nitrogen and oxygen atoms in total. The van der Waals surface area contributed by atoms with E-state index in [1.807, 2.05) is 37.3 Å². The minimum atomic E-state index is -4.49. The van der Waals surface area contributed by atoms with Crippen molar-refractivity contribution in [2.75, 3.05) is 18.5 Å². The molecule has 0 radical (unpaired) electrons. The predicted molar refractivity (Wildman–Crippen MR) is 144 cm³/mol. The molecule has 1 aromatic heterocycles. The second-order valence-electron chi connectivity index (χ2n) is 9.45. The number of anilines is 2. The normalized spacial score (nSPS) is 11.6. The van der Waals surface area contributed by atoms with Crippen LogP contribution in [0.5, 0.6) is 5.75 Å². The van der Waals surface area contributed by atoms with Gasteiger partial charge in [0.05, 0.1) is 17.7 Å². The van der Waals surface area contributed by atoms with E-state index in [4.69, 9.17) is 4.74 Å². The van der Waals surface area contributed by atoms with E-state index in [-0.39, 0.29) is 5.75 Å². The van der Waals surface area contributed by atoms with Crippen LogP contribution >= 0.6 is 0 Å². The highest BCUT2D eigenvalue weighted by Crippen LogP contribution is 2.36. The molecule has 194 valence electrons. The third-order valence-electron chi connectivity index (χ3n) is 6.27. The van der Waals surface area contributed by atoms with Crippen molar-refractivity contribution in [1.82, 2.24) is 10.3 Å². The van der Waals surface area contributed by atoms with Gasteiger partial charge in [0, 0.05) is 35.1 Å². The van der Waals surface area contributed by atoms with E-state index in [9.17, 15) is 13.2 Å². The summed E-state index contributed by atoms with van der Waals surface area (Å²) in [7, 11) is 0. The molecule has 0 unspecified atom stereocenters. The maximum atomic E-state index is 13.6. The lowest BCUT2D eigenvalue weighted by Crippen LogP contribution is -2.18. The van der Waals surface area contributed by atoms with Gasteiger partial charge >= 0.3 is 6.18 Å². The van der Waals surface area contributed by atoms with Gasteiger partial charge in [0.15, 0.2) is 0 Å². The lowest BCUT2D eigenvalue weighted by molar-refractivity contribution is -0.137. The fraction of sp³-hybridized carbons (Fsp3) is 0.300. The average Bonchev–Trinajstić information content (AvgIpc) is 2.81. The minimum absolute atomic E-state index is 0.178. The first kappa shape index (κ1) is 26.5. The Balaban J connectivity index is 1.42. The van der Waals surface area contributed by atoms with E-state index in [2.05, 4.69) is 48.5 Å². The van der Waals surface area contributed by atoms with Gasteiger partial charge in [-0.1, -0.05) is 35.9 Å². The third-order valence-corrected chi connectivity index (χ3v) is 6.27. The number of para-hydroxylation sites is 1. The van der Waals surface area contributed by atoms with Crippen molar-refractivity contribution in [2.45, 2.75) is 46.8 Å². The van der Waals surface area contributed by atoms with Crippen molar-refractivity contribution in [1.29, 1.82) is 0 Å². The van der Waals surface area contributed by atoms with Gasteiger partial charge in [-0.05, 0) is 81.6 Å². The SMILES string of the molecule is Cc1cc(C)c(CNCCCOc2cc(Nc3cc(C)nc4ccccc34)cc(C(F)(F)F)c2)c(C)c1. The smallest absolute Gasteiger partial charge is 0.416 e. The molecule has 7 heteroatoms. The summed E-state index contributed by atoms with van der Waals surface area (Å²) in [6.07, 6.45) is -3.82. The lowest BCUT2D eigenvalue weighted by Gasteiger charge is -2.16. The van der Waals surface area contributed by atoms with E-state index in [0.29, 0.717) is 30.9 Å². The van der Waals surface area contributed by atoms with Crippen molar-refractivity contribution < 1.29 is 17.9 Å². The summed E-state index contributed by atoms with van der Waals surface area (Å²) in [5.74, 6) is 0.178. The van der Waals surface area contributed by atoms with Crippen LogP contribution in [0.25, 0.3) is 10.9 Å². The van der Waals surface area contributed by atoms with Crippen molar-refractivity contribution in [3.63, 3.8) is 0 Å². The Morgan fingerprint density at radius 1 is 0.892 bits per heavy atom. The van der Waals surface area contributed by atoms with Crippen molar-refractivity contribution in [3.05, 3.63) is 94.2 Å². The summed E-state index contributed by atoms with van der Waals surface area (Å²) in [5.41, 5.74) is 6.82. The fourth-order valence-corrected chi connectivity index (χ4v) is 4.57. The molecule has 0 spiro atoms. The molecule has 3 aromatic carbocycles. The Morgan fingerprint density at radius 2 is 1.62 bits per heavy atom. The number of pyridine rings is 1. The molecule has 4 aromatic rings. The fourth-order valence-electron chi connectivity index (χ4n) is 4.57. The summed E-state index contributed by atoms with van der Waals surface area (Å²) in [4.78, 5) is 4.50. The van der Waals surface area contributed by atoms with E-state index in [1.54, 1.807) is 6.07 Å². The van der Waals surface area contributed by atoms with Crippen LogP contribution in [0.1, 0.15) is 39.9 Å². The van der Waals surface area contributed by atoms with Crippen LogP contribution < -0.4 is 15.4 Å². The first-order valence-corrected chi connectivity index (χ1v) is 12.4. The standard InChI is InChI=1S/C30H32F3N3O/c1-19-12-20(2)27(21(3)13-19)18-34-10-7-11-37-25-16-23(30(31,32)33)15-24(17-25)36-29-14-22(4)35-28-9-6-5-8-26(28)29/h5-6,8-9,12-17,34H,7,10-11,18H2,1-4H3,(H,35,36). The molecule has 0 bridgehead atoms. The van der Waals surface area contributed by atoms with Gasteiger partial charge in [-0.15, -0.1) is 0 Å². The number of halogens is 3. The number of aromatic nitrogens is 1. The molecule has 0 fully saturated rings. The number of fused-ring (bicyclic) bond motifs is 1. The Morgan fingerprint density at radius 3 is 2.35 bits per heavy atom. The Bertz CT molecular complexity index is 1380. The van der Waals surface area contributed by atoms with Crippen LogP contribution in [-0.2, 0) is 12.7 Å². The van der Waals surface area contributed by atoms with Crippen LogP contribution in [0.15, 0.2) is 60.7 Å². The zero-order valence-corrected chi connectivity index (χ0v) is 21.6. The molecule has 0 amide bonds. The minimum Gasteiger partial charge on any atom is -0.493 e. The zero-order chi connectivity index (χ0) is 26.6. The maximum absolute atomic E-state index is 13.6. The molecule has 37 heavy (non-hydrogen) atoms. The van der Waals surface area contributed by atoms with Crippen LogP contribution in [-0.4, -0.2) is 18.1 Å². The molecular weight excluding hydrogens is 475 g/mol. The average molecular weight is 508 g/mol. The summed E-state index contributed by atoms with van der Waals surface area (Å²) in [6.45, 7) is 9.90. The topological polar surface area (TPSA) is 46.2 Å². The molecule has 0 aliphatic rings. The van der Waals surface area contributed by atoms with Gasteiger partial charge in [-0.25, -0.2) is 0 Å². The molecule has 0 atom stereocenters. The maximum Gasteiger partial charge on any atom is 0.416 e. The Hall–Kier alpha value is -3.58. The Kier molecular flexibility index (Phi) is 8.03. The monoisotopic (exact) mass is 507 g/mol. The number of alkyl halides is 3. The second-order valence-corrected chi connectivity index (χ2v) is 9.45. The van der Waals surface area contributed by atoms with Gasteiger partial charge in [0.1, 0.15) is 5.75 Å². The van der Waals surface area contributed by atoms with Gasteiger partial charge in [-0.2, -0.15) is 13.2 Å². The summed E-state index contributed by atoms with van der Waals surface area (Å²) in [6, 6.07) is 17.4. The van der Waals surface area contributed by atoms with Crippen molar-refractivity contribution in [3.8, 4) is 5.75 Å². The summed E-state index contributed by atoms with van der Waals surface area (Å²) < 4.78 is 46.7. The van der Waals surface area contributed by atoms with Gasteiger partial charge < -0.3 is 15.4 Å². The number of benzene rings is 3. The number of hydrogen-bond acceptors (Lipinski definition) is 4. The van der Waals surface area contributed by atoms with Crippen molar-refractivity contribution >= 4 is 22.3 Å². The molecule has 0 saturated carbocycles. The van der Waals surface area contributed by atoms with E-state index in [0.717, 1.165) is 35.3 Å². The number of aryl methyl sites for hydroxylation is 4. The highest BCUT2D eigenvalue weighted by atomic mass is 19.4. The molecule has 0 saturated heterocycles. The molecule has 2 N–H and O–H groups in total. The predicted octanol–water partition coefficient (Wildman–Crippen LogP) is 7.79. The molecule has 1 heterocycles. The molecule has 4 rings (SSSR count). The zero-order valence-electron chi connectivity index (χ0n) is 21.6. The summed E-state index contributed by atoms with van der Waals surface area (Å²) in [5, 5.41) is 7.40. The van der Waals surface area contributed by atoms with Gasteiger partial charge in [-0.3, -0.25) is 4.98 Å². The number of nitrogens with one attached hydrogen (secondary N) is 2. The van der Waals surface area contributed by atoms with E-state index < -0.39 is 11.7 Å². The third kappa shape index (κ3) is 6.80. The molecule has 0 aliphatic carbocycles. The van der Waals surface area contributed by atoms with Crippen molar-refractivity contribution in [2.24, 2.45) is 0 Å². The molecular formula is C30H32F3N3O. The highest BCUT2D eigenvalue weighted by molar-refractivity contribution is 5.93. The van der Waals surface area contributed by atoms with E-state index in [1.165, 1.54) is 22.3 Å². The van der Waals surface area contributed by atoms with E-state index >= 15 is 0 Å². The number of hydrogen-bond donors (Lipinski definition) is 2. The van der Waals surface area contributed by atoms with Gasteiger partial charge in [0.2, 0.25) is 0 Å². The summed E-state index contributed by atoms with van der Waals surface area (Å²) >= 11 is 0. The first-order chi connectivity index (χ1) is 17.6. The van der Waals surface area contributed by atoms with Crippen LogP contribution in [0.4, 0.5) is 24.5 Å².